The zero-order chi connectivity index (χ0) is 17.0. The fraction of sp³-hybridized carbons (Fsp3) is 0.235. The predicted octanol–water partition coefficient (Wildman–Crippen LogP) is 4.25. The quantitative estimate of drug-likeness (QED) is 0.505. The fourth-order valence-corrected chi connectivity index (χ4v) is 3.38. The van der Waals surface area contributed by atoms with Crippen molar-refractivity contribution in [2.45, 2.75) is 25.7 Å². The summed E-state index contributed by atoms with van der Waals surface area (Å²) in [6.07, 6.45) is 0. The number of carbonyl (C=O) groups excluding carboxylic acids is 1. The predicted molar refractivity (Wildman–Crippen MR) is 93.1 cm³/mol. The molecular formula is C17H18N2O3S. The molecule has 0 fully saturated rings. The van der Waals surface area contributed by atoms with Crippen LogP contribution in [0.25, 0.3) is 0 Å². The molecule has 23 heavy (non-hydrogen) atoms. The van der Waals surface area contributed by atoms with E-state index in [-0.39, 0.29) is 23.0 Å². The number of nitrogens with one attached hydrogen (secondary N) is 1. The highest BCUT2D eigenvalue weighted by Crippen LogP contribution is 2.28. The van der Waals surface area contributed by atoms with Crippen molar-refractivity contribution >= 4 is 29.0 Å². The van der Waals surface area contributed by atoms with Crippen molar-refractivity contribution in [2.24, 2.45) is 0 Å². The minimum absolute atomic E-state index is 0.103. The first-order chi connectivity index (χ1) is 10.9. The number of nitro groups is 1. The maximum absolute atomic E-state index is 12.1. The standard InChI is InChI=1S/C17H18N2O3S/c1-11-8-12(2)17(13(3)9-11)23-10-16(20)18-14-6-4-5-7-15(14)19(21)22/h4-9H,10H2,1-3H3,(H,18,20). The number of amides is 1. The molecule has 0 aliphatic carbocycles. The van der Waals surface area contributed by atoms with Crippen LogP contribution in [-0.4, -0.2) is 16.6 Å². The number of benzene rings is 2. The highest BCUT2D eigenvalue weighted by Gasteiger charge is 2.15. The highest BCUT2D eigenvalue weighted by molar-refractivity contribution is 8.00. The van der Waals surface area contributed by atoms with E-state index >= 15 is 0 Å². The van der Waals surface area contributed by atoms with Gasteiger partial charge in [0.25, 0.3) is 5.69 Å². The average Bonchev–Trinajstić information content (AvgIpc) is 2.46. The van der Waals surface area contributed by atoms with E-state index in [1.807, 2.05) is 20.8 Å². The first kappa shape index (κ1) is 17.0. The summed E-state index contributed by atoms with van der Waals surface area (Å²) in [5.74, 6) is -0.0553. The van der Waals surface area contributed by atoms with E-state index in [0.29, 0.717) is 0 Å². The van der Waals surface area contributed by atoms with Crippen LogP contribution in [0.2, 0.25) is 0 Å². The third-order valence-corrected chi connectivity index (χ3v) is 4.67. The lowest BCUT2D eigenvalue weighted by Crippen LogP contribution is -2.15. The van der Waals surface area contributed by atoms with Crippen molar-refractivity contribution in [3.8, 4) is 0 Å². The summed E-state index contributed by atoms with van der Waals surface area (Å²) in [7, 11) is 0. The second-order valence-corrected chi connectivity index (χ2v) is 6.32. The molecule has 5 nitrogen and oxygen atoms in total. The molecule has 0 spiro atoms. The number of nitrogens with zero attached hydrogens (tertiary/aromatic N) is 1. The zero-order valence-corrected chi connectivity index (χ0v) is 14.1. The van der Waals surface area contributed by atoms with Gasteiger partial charge in [0, 0.05) is 11.0 Å². The van der Waals surface area contributed by atoms with Gasteiger partial charge in [0.15, 0.2) is 0 Å². The number of anilines is 1. The van der Waals surface area contributed by atoms with Gasteiger partial charge in [0.1, 0.15) is 5.69 Å². The number of carbonyl (C=O) groups is 1. The first-order valence-corrected chi connectivity index (χ1v) is 8.11. The van der Waals surface area contributed by atoms with Crippen LogP contribution in [0.5, 0.6) is 0 Å². The zero-order valence-electron chi connectivity index (χ0n) is 13.3. The molecule has 0 heterocycles. The van der Waals surface area contributed by atoms with Crippen LogP contribution in [0.4, 0.5) is 11.4 Å². The van der Waals surface area contributed by atoms with Crippen molar-refractivity contribution in [2.75, 3.05) is 11.1 Å². The van der Waals surface area contributed by atoms with E-state index in [0.717, 1.165) is 16.0 Å². The maximum atomic E-state index is 12.1. The van der Waals surface area contributed by atoms with Crippen LogP contribution in [-0.2, 0) is 4.79 Å². The van der Waals surface area contributed by atoms with E-state index in [9.17, 15) is 14.9 Å². The number of para-hydroxylation sites is 2. The number of aryl methyl sites for hydroxylation is 3. The number of thioether (sulfide) groups is 1. The molecule has 120 valence electrons. The minimum Gasteiger partial charge on any atom is -0.320 e. The second kappa shape index (κ2) is 7.28. The number of nitro benzene ring substituents is 1. The van der Waals surface area contributed by atoms with Gasteiger partial charge in [-0.15, -0.1) is 11.8 Å². The van der Waals surface area contributed by atoms with E-state index in [4.69, 9.17) is 0 Å². The summed E-state index contributed by atoms with van der Waals surface area (Å²) in [4.78, 5) is 23.6. The Morgan fingerprint density at radius 3 is 2.39 bits per heavy atom. The van der Waals surface area contributed by atoms with Gasteiger partial charge in [-0.3, -0.25) is 14.9 Å². The van der Waals surface area contributed by atoms with Crippen molar-refractivity contribution in [3.63, 3.8) is 0 Å². The van der Waals surface area contributed by atoms with Gasteiger partial charge in [0.2, 0.25) is 5.91 Å². The van der Waals surface area contributed by atoms with Gasteiger partial charge < -0.3 is 5.32 Å². The topological polar surface area (TPSA) is 72.2 Å². The van der Waals surface area contributed by atoms with Gasteiger partial charge in [-0.05, 0) is 38.0 Å². The Bertz CT molecular complexity index is 736. The van der Waals surface area contributed by atoms with E-state index in [1.54, 1.807) is 12.1 Å². The SMILES string of the molecule is Cc1cc(C)c(SCC(=O)Nc2ccccc2[N+](=O)[O-])c(C)c1. The Hall–Kier alpha value is -2.34. The molecule has 2 rings (SSSR count). The van der Waals surface area contributed by atoms with E-state index in [2.05, 4.69) is 17.4 Å². The normalized spacial score (nSPS) is 10.4. The molecule has 2 aromatic rings. The Kier molecular flexibility index (Phi) is 5.39. The number of hydrogen-bond acceptors (Lipinski definition) is 4. The number of hydrogen-bond donors (Lipinski definition) is 1. The second-order valence-electron chi connectivity index (χ2n) is 5.34. The van der Waals surface area contributed by atoms with Crippen LogP contribution in [0.3, 0.4) is 0 Å². The fourth-order valence-electron chi connectivity index (χ4n) is 2.46. The molecule has 0 unspecified atom stereocenters. The molecule has 6 heteroatoms. The molecule has 0 bridgehead atoms. The summed E-state index contributed by atoms with van der Waals surface area (Å²) in [5.41, 5.74) is 3.57. The average molecular weight is 330 g/mol. The van der Waals surface area contributed by atoms with Gasteiger partial charge in [-0.25, -0.2) is 0 Å². The van der Waals surface area contributed by atoms with Crippen LogP contribution in [0.1, 0.15) is 16.7 Å². The molecule has 0 aliphatic rings. The number of rotatable bonds is 5. The Morgan fingerprint density at radius 2 is 1.78 bits per heavy atom. The third-order valence-electron chi connectivity index (χ3n) is 3.33. The minimum atomic E-state index is -0.503. The van der Waals surface area contributed by atoms with E-state index < -0.39 is 4.92 Å². The molecule has 0 saturated heterocycles. The first-order valence-electron chi connectivity index (χ1n) is 7.12. The lowest BCUT2D eigenvalue weighted by atomic mass is 10.1. The van der Waals surface area contributed by atoms with Gasteiger partial charge in [0.05, 0.1) is 10.7 Å². The van der Waals surface area contributed by atoms with Gasteiger partial charge >= 0.3 is 0 Å². The maximum Gasteiger partial charge on any atom is 0.292 e. The summed E-state index contributed by atoms with van der Waals surface area (Å²) in [6.45, 7) is 6.07. The van der Waals surface area contributed by atoms with E-state index in [1.165, 1.54) is 29.5 Å². The Morgan fingerprint density at radius 1 is 1.17 bits per heavy atom. The van der Waals surface area contributed by atoms with Crippen LogP contribution >= 0.6 is 11.8 Å². The van der Waals surface area contributed by atoms with Gasteiger partial charge in [-0.2, -0.15) is 0 Å². The molecule has 0 atom stereocenters. The Balaban J connectivity index is 2.06. The Labute approximate surface area is 139 Å². The highest BCUT2D eigenvalue weighted by atomic mass is 32.2. The monoisotopic (exact) mass is 330 g/mol. The summed E-state index contributed by atoms with van der Waals surface area (Å²) >= 11 is 1.44. The molecule has 0 aliphatic heterocycles. The summed E-state index contributed by atoms with van der Waals surface area (Å²) < 4.78 is 0. The van der Waals surface area contributed by atoms with Gasteiger partial charge in [-0.1, -0.05) is 29.8 Å². The summed E-state index contributed by atoms with van der Waals surface area (Å²) in [5, 5.41) is 13.6. The molecular weight excluding hydrogens is 312 g/mol. The lowest BCUT2D eigenvalue weighted by Gasteiger charge is -2.11. The molecule has 0 aromatic heterocycles. The smallest absolute Gasteiger partial charge is 0.292 e. The molecule has 1 amide bonds. The van der Waals surface area contributed by atoms with Crippen LogP contribution in [0.15, 0.2) is 41.3 Å². The molecule has 1 N–H and O–H groups in total. The van der Waals surface area contributed by atoms with Crippen molar-refractivity contribution in [1.29, 1.82) is 0 Å². The molecule has 2 aromatic carbocycles. The van der Waals surface area contributed by atoms with Crippen molar-refractivity contribution < 1.29 is 9.72 Å². The van der Waals surface area contributed by atoms with Crippen molar-refractivity contribution in [3.05, 3.63) is 63.2 Å². The molecule has 0 radical (unpaired) electrons. The van der Waals surface area contributed by atoms with Crippen LogP contribution < -0.4 is 5.32 Å². The summed E-state index contributed by atoms with van der Waals surface area (Å²) in [6, 6.07) is 10.3. The van der Waals surface area contributed by atoms with Crippen molar-refractivity contribution in [1.82, 2.24) is 0 Å². The lowest BCUT2D eigenvalue weighted by molar-refractivity contribution is -0.383. The van der Waals surface area contributed by atoms with Crippen LogP contribution in [0, 0.1) is 30.9 Å². The third kappa shape index (κ3) is 4.32. The molecule has 0 saturated carbocycles. The largest absolute Gasteiger partial charge is 0.320 e.